The van der Waals surface area contributed by atoms with Crippen LogP contribution in [0.4, 0.5) is 5.82 Å². The fraction of sp³-hybridized carbons (Fsp3) is 0.412. The third-order valence-corrected chi connectivity index (χ3v) is 4.86. The maximum absolute atomic E-state index is 12.6. The summed E-state index contributed by atoms with van der Waals surface area (Å²) >= 11 is 1.67. The number of imidazole rings is 1. The van der Waals surface area contributed by atoms with Crippen molar-refractivity contribution in [2.45, 2.75) is 26.3 Å². The average molecular weight is 358 g/mol. The molecule has 3 aromatic heterocycles. The summed E-state index contributed by atoms with van der Waals surface area (Å²) in [7, 11) is 1.84. The summed E-state index contributed by atoms with van der Waals surface area (Å²) in [6, 6.07) is 4.13. The predicted molar refractivity (Wildman–Crippen MR) is 99.6 cm³/mol. The standard InChI is InChI=1S/C17H22N6OS/c1-11(2)7-12(13-5-4-6-25-13)22-14(24)8-23(3)17-15-16(19-9-18-15)20-10-21-17/h4-6,9-12H,7-8H2,1-3H3,(H,22,24)(H,18,19,20,21)/t12-/m1/s1. The van der Waals surface area contributed by atoms with Gasteiger partial charge in [0, 0.05) is 11.9 Å². The monoisotopic (exact) mass is 358 g/mol. The molecule has 3 aromatic rings. The number of rotatable bonds is 7. The largest absolute Gasteiger partial charge is 0.348 e. The Balaban J connectivity index is 1.69. The Morgan fingerprint density at radius 2 is 2.20 bits per heavy atom. The van der Waals surface area contributed by atoms with Crippen molar-refractivity contribution in [3.05, 3.63) is 35.0 Å². The fourth-order valence-corrected chi connectivity index (χ4v) is 3.57. The first kappa shape index (κ1) is 17.3. The molecule has 0 aromatic carbocycles. The molecule has 3 heterocycles. The highest BCUT2D eigenvalue weighted by atomic mass is 32.1. The number of likely N-dealkylation sites (N-methyl/N-ethyl adjacent to an activating group) is 1. The van der Waals surface area contributed by atoms with Crippen LogP contribution in [0.1, 0.15) is 31.2 Å². The summed E-state index contributed by atoms with van der Waals surface area (Å²) in [5, 5.41) is 5.19. The minimum atomic E-state index is -0.0344. The number of amides is 1. The van der Waals surface area contributed by atoms with Gasteiger partial charge < -0.3 is 15.2 Å². The van der Waals surface area contributed by atoms with Crippen molar-refractivity contribution in [3.63, 3.8) is 0 Å². The summed E-state index contributed by atoms with van der Waals surface area (Å²) in [6.07, 6.45) is 3.95. The molecule has 0 unspecified atom stereocenters. The van der Waals surface area contributed by atoms with Gasteiger partial charge in [-0.15, -0.1) is 11.3 Å². The van der Waals surface area contributed by atoms with E-state index >= 15 is 0 Å². The van der Waals surface area contributed by atoms with Crippen molar-refractivity contribution in [1.29, 1.82) is 0 Å². The second-order valence-corrected chi connectivity index (χ2v) is 7.40. The molecule has 0 aliphatic rings. The summed E-state index contributed by atoms with van der Waals surface area (Å²) < 4.78 is 0. The number of thiophene rings is 1. The zero-order chi connectivity index (χ0) is 17.8. The van der Waals surface area contributed by atoms with Crippen LogP contribution in [0.15, 0.2) is 30.2 Å². The van der Waals surface area contributed by atoms with Gasteiger partial charge in [-0.3, -0.25) is 4.79 Å². The Bertz CT molecular complexity index is 829. The van der Waals surface area contributed by atoms with Crippen LogP contribution in [-0.2, 0) is 4.79 Å². The van der Waals surface area contributed by atoms with Crippen LogP contribution in [0.3, 0.4) is 0 Å². The van der Waals surface area contributed by atoms with Crippen LogP contribution in [0.5, 0.6) is 0 Å². The van der Waals surface area contributed by atoms with E-state index in [1.165, 1.54) is 11.2 Å². The van der Waals surface area contributed by atoms with E-state index in [-0.39, 0.29) is 18.5 Å². The SMILES string of the molecule is CC(C)C[C@@H](NC(=O)CN(C)c1ncnc2nc[nH]c12)c1cccs1. The van der Waals surface area contributed by atoms with Crippen molar-refractivity contribution in [2.75, 3.05) is 18.5 Å². The summed E-state index contributed by atoms with van der Waals surface area (Å²) in [6.45, 7) is 4.54. The van der Waals surface area contributed by atoms with Gasteiger partial charge in [0.15, 0.2) is 11.5 Å². The van der Waals surface area contributed by atoms with E-state index in [4.69, 9.17) is 0 Å². The number of hydrogen-bond donors (Lipinski definition) is 2. The van der Waals surface area contributed by atoms with Gasteiger partial charge in [-0.2, -0.15) is 0 Å². The van der Waals surface area contributed by atoms with Crippen molar-refractivity contribution < 1.29 is 4.79 Å². The van der Waals surface area contributed by atoms with Crippen LogP contribution >= 0.6 is 11.3 Å². The minimum absolute atomic E-state index is 0.0344. The molecule has 0 saturated carbocycles. The van der Waals surface area contributed by atoms with Crippen molar-refractivity contribution in [2.24, 2.45) is 5.92 Å². The molecule has 1 amide bonds. The van der Waals surface area contributed by atoms with E-state index in [0.29, 0.717) is 17.4 Å². The minimum Gasteiger partial charge on any atom is -0.348 e. The molecule has 0 spiro atoms. The molecule has 3 rings (SSSR count). The van der Waals surface area contributed by atoms with E-state index in [1.807, 2.05) is 18.5 Å². The average Bonchev–Trinajstić information content (AvgIpc) is 3.24. The number of fused-ring (bicyclic) bond motifs is 1. The lowest BCUT2D eigenvalue weighted by atomic mass is 10.0. The molecule has 0 aliphatic heterocycles. The highest BCUT2D eigenvalue weighted by molar-refractivity contribution is 7.10. The molecule has 0 bridgehead atoms. The lowest BCUT2D eigenvalue weighted by molar-refractivity contribution is -0.120. The normalized spacial score (nSPS) is 12.5. The van der Waals surface area contributed by atoms with Gasteiger partial charge in [-0.25, -0.2) is 15.0 Å². The molecule has 0 radical (unpaired) electrons. The number of aromatic amines is 1. The lowest BCUT2D eigenvalue weighted by Crippen LogP contribution is -2.38. The van der Waals surface area contributed by atoms with Gasteiger partial charge in [-0.1, -0.05) is 19.9 Å². The first-order valence-corrected chi connectivity index (χ1v) is 9.10. The van der Waals surface area contributed by atoms with Gasteiger partial charge in [0.25, 0.3) is 0 Å². The second kappa shape index (κ2) is 7.60. The van der Waals surface area contributed by atoms with Crippen LogP contribution in [-0.4, -0.2) is 39.4 Å². The van der Waals surface area contributed by atoms with Gasteiger partial charge in [-0.05, 0) is 23.8 Å². The summed E-state index contributed by atoms with van der Waals surface area (Å²) in [5.41, 5.74) is 1.32. The number of carbonyl (C=O) groups is 1. The van der Waals surface area contributed by atoms with E-state index in [2.05, 4.69) is 45.2 Å². The zero-order valence-corrected chi connectivity index (χ0v) is 15.4. The molecule has 2 N–H and O–H groups in total. The first-order valence-electron chi connectivity index (χ1n) is 8.22. The van der Waals surface area contributed by atoms with Crippen molar-refractivity contribution in [3.8, 4) is 0 Å². The molecule has 25 heavy (non-hydrogen) atoms. The van der Waals surface area contributed by atoms with E-state index in [9.17, 15) is 4.79 Å². The Morgan fingerprint density at radius 1 is 1.36 bits per heavy atom. The molecule has 1 atom stereocenters. The lowest BCUT2D eigenvalue weighted by Gasteiger charge is -2.22. The van der Waals surface area contributed by atoms with Crippen molar-refractivity contribution >= 4 is 34.2 Å². The third kappa shape index (κ3) is 4.14. The molecule has 7 nitrogen and oxygen atoms in total. The zero-order valence-electron chi connectivity index (χ0n) is 14.6. The van der Waals surface area contributed by atoms with Crippen LogP contribution < -0.4 is 10.2 Å². The quantitative estimate of drug-likeness (QED) is 0.678. The number of aromatic nitrogens is 4. The second-order valence-electron chi connectivity index (χ2n) is 6.42. The molecular formula is C17H22N6OS. The maximum Gasteiger partial charge on any atom is 0.240 e. The Kier molecular flexibility index (Phi) is 5.28. The highest BCUT2D eigenvalue weighted by Crippen LogP contribution is 2.25. The van der Waals surface area contributed by atoms with Crippen LogP contribution in [0, 0.1) is 5.92 Å². The smallest absolute Gasteiger partial charge is 0.240 e. The molecule has 0 fully saturated rings. The van der Waals surface area contributed by atoms with Crippen LogP contribution in [0.2, 0.25) is 0 Å². The Hall–Kier alpha value is -2.48. The van der Waals surface area contributed by atoms with Crippen molar-refractivity contribution in [1.82, 2.24) is 25.3 Å². The van der Waals surface area contributed by atoms with Gasteiger partial charge in [0.2, 0.25) is 5.91 Å². The number of nitrogens with one attached hydrogen (secondary N) is 2. The summed E-state index contributed by atoms with van der Waals surface area (Å²) in [4.78, 5) is 31.1. The number of nitrogens with zero attached hydrogens (tertiary/aromatic N) is 4. The van der Waals surface area contributed by atoms with Gasteiger partial charge in [0.05, 0.1) is 18.9 Å². The molecule has 132 valence electrons. The number of hydrogen-bond acceptors (Lipinski definition) is 6. The Labute approximate surface area is 150 Å². The number of anilines is 1. The van der Waals surface area contributed by atoms with Gasteiger partial charge >= 0.3 is 0 Å². The van der Waals surface area contributed by atoms with E-state index < -0.39 is 0 Å². The van der Waals surface area contributed by atoms with E-state index in [1.54, 1.807) is 22.6 Å². The third-order valence-electron chi connectivity index (χ3n) is 3.87. The fourth-order valence-electron chi connectivity index (χ4n) is 2.78. The molecular weight excluding hydrogens is 336 g/mol. The summed E-state index contributed by atoms with van der Waals surface area (Å²) in [5.74, 6) is 1.12. The number of carbonyl (C=O) groups excluding carboxylic acids is 1. The first-order chi connectivity index (χ1) is 12.0. The highest BCUT2D eigenvalue weighted by Gasteiger charge is 2.19. The molecule has 0 aliphatic carbocycles. The predicted octanol–water partition coefficient (Wildman–Crippen LogP) is 2.75. The van der Waals surface area contributed by atoms with E-state index in [0.717, 1.165) is 11.9 Å². The van der Waals surface area contributed by atoms with Crippen LogP contribution in [0.25, 0.3) is 11.2 Å². The number of H-pyrrole nitrogens is 1. The topological polar surface area (TPSA) is 86.8 Å². The maximum atomic E-state index is 12.6. The van der Waals surface area contributed by atoms with Gasteiger partial charge in [0.1, 0.15) is 11.8 Å². The molecule has 8 heteroatoms. The Morgan fingerprint density at radius 3 is 2.92 bits per heavy atom. The molecule has 0 saturated heterocycles.